The molecule has 0 aromatic carbocycles. The molecule has 0 heterocycles. The first-order valence-electron chi connectivity index (χ1n) is 4.74. The second kappa shape index (κ2) is 4.45. The molecule has 0 rings (SSSR count). The van der Waals surface area contributed by atoms with Crippen LogP contribution >= 0.6 is 0 Å². The van der Waals surface area contributed by atoms with Crippen molar-refractivity contribution in [2.75, 3.05) is 0 Å². The van der Waals surface area contributed by atoms with Crippen molar-refractivity contribution in [2.24, 2.45) is 11.3 Å². The summed E-state index contributed by atoms with van der Waals surface area (Å²) in [5.74, 6) is -0.321. The van der Waals surface area contributed by atoms with Crippen LogP contribution in [0.2, 0.25) is 0 Å². The van der Waals surface area contributed by atoms with Gasteiger partial charge in [0.1, 0.15) is 0 Å². The van der Waals surface area contributed by atoms with Crippen molar-refractivity contribution in [2.45, 2.75) is 41.0 Å². The minimum Gasteiger partial charge on any atom is -0.478 e. The molecule has 0 spiro atoms. The Balaban J connectivity index is 4.66. The molecule has 0 amide bonds. The summed E-state index contributed by atoms with van der Waals surface area (Å²) in [5, 5.41) is 8.73. The number of aliphatic carboxylic acids is 1. The predicted octanol–water partition coefficient (Wildman–Crippen LogP) is 3.09. The van der Waals surface area contributed by atoms with Gasteiger partial charge < -0.3 is 5.11 Å². The van der Waals surface area contributed by atoms with Crippen LogP contribution in [0.4, 0.5) is 0 Å². The largest absolute Gasteiger partial charge is 0.478 e. The fraction of sp³-hybridized carbons (Fsp3) is 0.727. The Hall–Kier alpha value is -0.790. The minimum absolute atomic E-state index is 0.0305. The third-order valence-corrected chi connectivity index (χ3v) is 2.81. The van der Waals surface area contributed by atoms with E-state index in [2.05, 4.69) is 27.7 Å². The lowest BCUT2D eigenvalue weighted by Crippen LogP contribution is -2.19. The van der Waals surface area contributed by atoms with Crippen molar-refractivity contribution in [1.29, 1.82) is 0 Å². The standard InChI is InChI=1S/C11H20O2/c1-6-9(3)11(4,5)7-8(2)10(12)13/h7,9H,6H2,1-5H3,(H,12,13). The number of carbonyl (C=O) groups is 1. The van der Waals surface area contributed by atoms with E-state index in [0.717, 1.165) is 6.42 Å². The first-order chi connectivity index (χ1) is 5.81. The summed E-state index contributed by atoms with van der Waals surface area (Å²) < 4.78 is 0. The fourth-order valence-electron chi connectivity index (χ4n) is 1.29. The van der Waals surface area contributed by atoms with Crippen LogP contribution in [-0.4, -0.2) is 11.1 Å². The highest BCUT2D eigenvalue weighted by Gasteiger charge is 2.22. The lowest BCUT2D eigenvalue weighted by Gasteiger charge is -2.28. The first-order valence-corrected chi connectivity index (χ1v) is 4.74. The van der Waals surface area contributed by atoms with E-state index in [1.807, 2.05) is 6.08 Å². The summed E-state index contributed by atoms with van der Waals surface area (Å²) in [6, 6.07) is 0. The molecular formula is C11H20O2. The molecule has 0 saturated carbocycles. The summed E-state index contributed by atoms with van der Waals surface area (Å²) in [6.45, 7) is 10.1. The van der Waals surface area contributed by atoms with Crippen LogP contribution in [-0.2, 0) is 4.79 Å². The third kappa shape index (κ3) is 3.62. The van der Waals surface area contributed by atoms with E-state index in [4.69, 9.17) is 5.11 Å². The SMILES string of the molecule is CCC(C)C(C)(C)C=C(C)C(=O)O. The number of carboxylic acids is 1. The first kappa shape index (κ1) is 12.2. The molecule has 0 saturated heterocycles. The minimum atomic E-state index is -0.823. The van der Waals surface area contributed by atoms with Crippen LogP contribution in [0.25, 0.3) is 0 Å². The Morgan fingerprint density at radius 2 is 2.00 bits per heavy atom. The lowest BCUT2D eigenvalue weighted by molar-refractivity contribution is -0.132. The van der Waals surface area contributed by atoms with Gasteiger partial charge in [-0.3, -0.25) is 0 Å². The quantitative estimate of drug-likeness (QED) is 0.682. The molecule has 0 aromatic rings. The number of allylic oxidation sites excluding steroid dienone is 1. The molecule has 1 unspecified atom stereocenters. The van der Waals surface area contributed by atoms with Crippen LogP contribution in [0.5, 0.6) is 0 Å². The number of carboxylic acid groups (broad SMARTS) is 1. The van der Waals surface area contributed by atoms with Gasteiger partial charge >= 0.3 is 5.97 Å². The zero-order valence-electron chi connectivity index (χ0n) is 9.22. The van der Waals surface area contributed by atoms with Crippen LogP contribution in [0.1, 0.15) is 41.0 Å². The highest BCUT2D eigenvalue weighted by atomic mass is 16.4. The van der Waals surface area contributed by atoms with E-state index >= 15 is 0 Å². The summed E-state index contributed by atoms with van der Waals surface area (Å²) >= 11 is 0. The molecule has 1 N–H and O–H groups in total. The summed E-state index contributed by atoms with van der Waals surface area (Å²) in [4.78, 5) is 10.6. The van der Waals surface area contributed by atoms with Crippen molar-refractivity contribution in [3.8, 4) is 0 Å². The van der Waals surface area contributed by atoms with Gasteiger partial charge in [0, 0.05) is 5.57 Å². The molecule has 0 aliphatic rings. The van der Waals surface area contributed by atoms with E-state index in [1.165, 1.54) is 0 Å². The Morgan fingerprint density at radius 3 is 2.31 bits per heavy atom. The van der Waals surface area contributed by atoms with Gasteiger partial charge in [-0.15, -0.1) is 0 Å². The van der Waals surface area contributed by atoms with E-state index in [9.17, 15) is 4.79 Å². The van der Waals surface area contributed by atoms with E-state index in [-0.39, 0.29) is 5.41 Å². The monoisotopic (exact) mass is 184 g/mol. The maximum absolute atomic E-state index is 10.6. The molecule has 0 fully saturated rings. The molecule has 1 atom stereocenters. The summed E-state index contributed by atoms with van der Waals surface area (Å²) in [6.07, 6.45) is 2.92. The molecule has 0 aliphatic carbocycles. The zero-order valence-corrected chi connectivity index (χ0v) is 9.22. The average molecular weight is 184 g/mol. The van der Waals surface area contributed by atoms with Crippen molar-refractivity contribution in [1.82, 2.24) is 0 Å². The molecule has 0 bridgehead atoms. The lowest BCUT2D eigenvalue weighted by atomic mass is 9.77. The van der Waals surface area contributed by atoms with E-state index in [1.54, 1.807) is 6.92 Å². The van der Waals surface area contributed by atoms with Crippen molar-refractivity contribution < 1.29 is 9.90 Å². The topological polar surface area (TPSA) is 37.3 Å². The van der Waals surface area contributed by atoms with Crippen LogP contribution in [0.3, 0.4) is 0 Å². The van der Waals surface area contributed by atoms with Gasteiger partial charge in [-0.2, -0.15) is 0 Å². The van der Waals surface area contributed by atoms with Crippen molar-refractivity contribution in [3.63, 3.8) is 0 Å². The highest BCUT2D eigenvalue weighted by Crippen LogP contribution is 2.31. The highest BCUT2D eigenvalue weighted by molar-refractivity contribution is 5.85. The van der Waals surface area contributed by atoms with Gasteiger partial charge in [0.2, 0.25) is 0 Å². The van der Waals surface area contributed by atoms with Gasteiger partial charge in [0.25, 0.3) is 0 Å². The summed E-state index contributed by atoms with van der Waals surface area (Å²) in [5.41, 5.74) is 0.405. The third-order valence-electron chi connectivity index (χ3n) is 2.81. The van der Waals surface area contributed by atoms with Crippen molar-refractivity contribution in [3.05, 3.63) is 11.6 Å². The summed E-state index contributed by atoms with van der Waals surface area (Å²) in [7, 11) is 0. The molecule has 2 heteroatoms. The number of hydrogen-bond donors (Lipinski definition) is 1. The normalized spacial score (nSPS) is 15.6. The Labute approximate surface area is 80.7 Å². The van der Waals surface area contributed by atoms with Gasteiger partial charge in [-0.1, -0.05) is 40.2 Å². The molecule has 0 aliphatic heterocycles. The predicted molar refractivity (Wildman–Crippen MR) is 54.6 cm³/mol. The molecule has 76 valence electrons. The van der Waals surface area contributed by atoms with Gasteiger partial charge in [-0.25, -0.2) is 4.79 Å². The molecular weight excluding hydrogens is 164 g/mol. The second-order valence-corrected chi connectivity index (χ2v) is 4.26. The van der Waals surface area contributed by atoms with E-state index in [0.29, 0.717) is 11.5 Å². The van der Waals surface area contributed by atoms with Crippen molar-refractivity contribution >= 4 is 5.97 Å². The fourth-order valence-corrected chi connectivity index (χ4v) is 1.29. The number of rotatable bonds is 4. The number of hydrogen-bond acceptors (Lipinski definition) is 1. The van der Waals surface area contributed by atoms with Gasteiger partial charge in [-0.05, 0) is 18.3 Å². The zero-order chi connectivity index (χ0) is 10.6. The molecule has 0 aromatic heterocycles. The van der Waals surface area contributed by atoms with Gasteiger partial charge in [0.05, 0.1) is 0 Å². The molecule has 13 heavy (non-hydrogen) atoms. The Kier molecular flexibility index (Phi) is 4.18. The van der Waals surface area contributed by atoms with Crippen LogP contribution < -0.4 is 0 Å². The van der Waals surface area contributed by atoms with Gasteiger partial charge in [0.15, 0.2) is 0 Å². The average Bonchev–Trinajstić information content (AvgIpc) is 2.01. The van der Waals surface area contributed by atoms with E-state index < -0.39 is 5.97 Å². The second-order valence-electron chi connectivity index (χ2n) is 4.26. The van der Waals surface area contributed by atoms with Crippen LogP contribution in [0.15, 0.2) is 11.6 Å². The Bertz CT molecular complexity index is 214. The Morgan fingerprint density at radius 1 is 1.54 bits per heavy atom. The molecule has 2 nitrogen and oxygen atoms in total. The maximum atomic E-state index is 10.6. The van der Waals surface area contributed by atoms with Crippen LogP contribution in [0, 0.1) is 11.3 Å². The smallest absolute Gasteiger partial charge is 0.330 e. The maximum Gasteiger partial charge on any atom is 0.330 e. The molecule has 0 radical (unpaired) electrons.